The number of pyridine rings is 1. The zero-order chi connectivity index (χ0) is 13.8. The summed E-state index contributed by atoms with van der Waals surface area (Å²) in [5, 5.41) is 2.61. The number of nitrogens with zero attached hydrogens (tertiary/aromatic N) is 1. The number of hydrogen-bond acceptors (Lipinski definition) is 2. The van der Waals surface area contributed by atoms with E-state index in [9.17, 15) is 13.6 Å². The highest BCUT2D eigenvalue weighted by molar-refractivity contribution is 9.10. The highest BCUT2D eigenvalue weighted by atomic mass is 79.9. The zero-order valence-corrected chi connectivity index (χ0v) is 11.2. The molecule has 0 bridgehead atoms. The van der Waals surface area contributed by atoms with E-state index < -0.39 is 17.5 Å². The van der Waals surface area contributed by atoms with E-state index in [-0.39, 0.29) is 12.0 Å². The molecule has 0 radical (unpaired) electrons. The number of amides is 1. The Morgan fingerprint density at radius 3 is 2.79 bits per heavy atom. The van der Waals surface area contributed by atoms with E-state index in [1.54, 1.807) is 6.07 Å². The Balaban J connectivity index is 2.08. The topological polar surface area (TPSA) is 42.0 Å². The van der Waals surface area contributed by atoms with Gasteiger partial charge in [-0.1, -0.05) is 6.07 Å². The first-order valence-corrected chi connectivity index (χ1v) is 6.19. The molecular formula is C13H9BrF2N2O. The average molecular weight is 327 g/mol. The Bertz CT molecular complexity index is 619. The van der Waals surface area contributed by atoms with Crippen LogP contribution >= 0.6 is 15.9 Å². The van der Waals surface area contributed by atoms with E-state index in [4.69, 9.17) is 0 Å². The van der Waals surface area contributed by atoms with Gasteiger partial charge in [0.25, 0.3) is 0 Å². The molecule has 98 valence electrons. The van der Waals surface area contributed by atoms with Crippen molar-refractivity contribution < 1.29 is 13.6 Å². The van der Waals surface area contributed by atoms with Crippen LogP contribution in [-0.2, 0) is 11.2 Å². The van der Waals surface area contributed by atoms with Crippen molar-refractivity contribution >= 4 is 27.5 Å². The molecule has 1 aromatic carbocycles. The van der Waals surface area contributed by atoms with Crippen molar-refractivity contribution in [3.05, 3.63) is 58.3 Å². The highest BCUT2D eigenvalue weighted by Gasteiger charge is 2.10. The molecule has 6 heteroatoms. The maximum absolute atomic E-state index is 13.4. The number of carbonyl (C=O) groups excluding carboxylic acids is 1. The van der Waals surface area contributed by atoms with E-state index in [2.05, 4.69) is 26.2 Å². The highest BCUT2D eigenvalue weighted by Crippen LogP contribution is 2.20. The Hall–Kier alpha value is -1.82. The first-order valence-electron chi connectivity index (χ1n) is 5.39. The van der Waals surface area contributed by atoms with Gasteiger partial charge in [0.1, 0.15) is 11.6 Å². The first-order chi connectivity index (χ1) is 9.06. The maximum Gasteiger partial charge on any atom is 0.228 e. The second-order valence-electron chi connectivity index (χ2n) is 3.82. The van der Waals surface area contributed by atoms with Gasteiger partial charge in [0.05, 0.1) is 16.6 Å². The van der Waals surface area contributed by atoms with Crippen molar-refractivity contribution in [1.29, 1.82) is 0 Å². The number of rotatable bonds is 3. The van der Waals surface area contributed by atoms with E-state index in [0.717, 1.165) is 12.1 Å². The molecular weight excluding hydrogens is 318 g/mol. The van der Waals surface area contributed by atoms with Crippen LogP contribution in [0.5, 0.6) is 0 Å². The molecule has 1 N–H and O–H groups in total. The molecule has 1 heterocycles. The Morgan fingerprint density at radius 2 is 2.11 bits per heavy atom. The van der Waals surface area contributed by atoms with Gasteiger partial charge in [-0.05, 0) is 33.6 Å². The summed E-state index contributed by atoms with van der Waals surface area (Å²) in [6, 6.07) is 4.74. The molecule has 0 unspecified atom stereocenters. The molecule has 0 atom stereocenters. The van der Waals surface area contributed by atoms with Crippen molar-refractivity contribution in [2.24, 2.45) is 0 Å². The summed E-state index contributed by atoms with van der Waals surface area (Å²) < 4.78 is 26.7. The van der Waals surface area contributed by atoms with E-state index in [0.29, 0.717) is 10.2 Å². The molecule has 19 heavy (non-hydrogen) atoms. The van der Waals surface area contributed by atoms with E-state index in [1.807, 2.05) is 0 Å². The summed E-state index contributed by atoms with van der Waals surface area (Å²) in [7, 11) is 0. The fourth-order valence-corrected chi connectivity index (χ4v) is 1.86. The van der Waals surface area contributed by atoms with Gasteiger partial charge in [-0.25, -0.2) is 8.78 Å². The van der Waals surface area contributed by atoms with Gasteiger partial charge in [0.15, 0.2) is 0 Å². The van der Waals surface area contributed by atoms with Crippen LogP contribution in [0.4, 0.5) is 14.5 Å². The van der Waals surface area contributed by atoms with Crippen molar-refractivity contribution in [3.8, 4) is 0 Å². The van der Waals surface area contributed by atoms with Crippen LogP contribution in [0.15, 0.2) is 41.1 Å². The predicted octanol–water partition coefficient (Wildman–Crippen LogP) is 3.30. The minimum Gasteiger partial charge on any atom is -0.325 e. The summed E-state index contributed by atoms with van der Waals surface area (Å²) in [6.45, 7) is 0. The number of anilines is 1. The van der Waals surface area contributed by atoms with Crippen LogP contribution < -0.4 is 5.32 Å². The fraction of sp³-hybridized carbons (Fsp3) is 0.0769. The lowest BCUT2D eigenvalue weighted by Gasteiger charge is -2.07. The average Bonchev–Trinajstić information content (AvgIpc) is 2.36. The van der Waals surface area contributed by atoms with Gasteiger partial charge in [0.2, 0.25) is 5.91 Å². The summed E-state index contributed by atoms with van der Waals surface area (Å²) in [5.74, 6) is -1.79. The summed E-state index contributed by atoms with van der Waals surface area (Å²) in [6.07, 6.45) is 2.90. The summed E-state index contributed by atoms with van der Waals surface area (Å²) in [5.41, 5.74) is 0.687. The van der Waals surface area contributed by atoms with Crippen LogP contribution in [0.2, 0.25) is 0 Å². The largest absolute Gasteiger partial charge is 0.325 e. The van der Waals surface area contributed by atoms with E-state index in [1.165, 1.54) is 18.5 Å². The smallest absolute Gasteiger partial charge is 0.228 e. The molecule has 0 aliphatic rings. The van der Waals surface area contributed by atoms with Crippen LogP contribution in [0.25, 0.3) is 0 Å². The number of hydrogen-bond donors (Lipinski definition) is 1. The van der Waals surface area contributed by atoms with Crippen LogP contribution in [0, 0.1) is 11.6 Å². The Kier molecular flexibility index (Phi) is 4.21. The molecule has 0 spiro atoms. The molecule has 0 aliphatic carbocycles. The molecule has 3 nitrogen and oxygen atoms in total. The normalized spacial score (nSPS) is 10.3. The van der Waals surface area contributed by atoms with Crippen molar-refractivity contribution in [2.45, 2.75) is 6.42 Å². The quantitative estimate of drug-likeness (QED) is 0.940. The maximum atomic E-state index is 13.4. The van der Waals surface area contributed by atoms with Gasteiger partial charge < -0.3 is 5.32 Å². The molecule has 1 aromatic heterocycles. The fourth-order valence-electron chi connectivity index (χ4n) is 1.51. The van der Waals surface area contributed by atoms with Crippen molar-refractivity contribution in [3.63, 3.8) is 0 Å². The predicted molar refractivity (Wildman–Crippen MR) is 70.6 cm³/mol. The third-order valence-electron chi connectivity index (χ3n) is 2.41. The molecule has 0 saturated carbocycles. The first kappa shape index (κ1) is 13.6. The number of carbonyl (C=O) groups is 1. The van der Waals surface area contributed by atoms with Crippen molar-refractivity contribution in [1.82, 2.24) is 4.98 Å². The van der Waals surface area contributed by atoms with Gasteiger partial charge in [-0.15, -0.1) is 0 Å². The molecule has 0 aliphatic heterocycles. The van der Waals surface area contributed by atoms with Gasteiger partial charge >= 0.3 is 0 Å². The monoisotopic (exact) mass is 326 g/mol. The lowest BCUT2D eigenvalue weighted by Crippen LogP contribution is -2.15. The molecule has 2 aromatic rings. The number of benzene rings is 1. The Labute approximate surface area is 116 Å². The minimum atomic E-state index is -0.732. The van der Waals surface area contributed by atoms with Gasteiger partial charge in [-0.2, -0.15) is 0 Å². The summed E-state index contributed by atoms with van der Waals surface area (Å²) >= 11 is 3.23. The number of halogens is 3. The van der Waals surface area contributed by atoms with Gasteiger partial charge in [-0.3, -0.25) is 9.78 Å². The molecule has 0 saturated heterocycles. The lowest BCUT2D eigenvalue weighted by atomic mass is 10.1. The van der Waals surface area contributed by atoms with Crippen LogP contribution in [0.1, 0.15) is 5.56 Å². The van der Waals surface area contributed by atoms with E-state index >= 15 is 0 Å². The SMILES string of the molecule is O=C(Cc1ccc(F)cc1F)Nc1ccncc1Br. The third-order valence-corrected chi connectivity index (χ3v) is 3.04. The number of nitrogens with one attached hydrogen (secondary N) is 1. The molecule has 1 amide bonds. The standard InChI is InChI=1S/C13H9BrF2N2O/c14-10-7-17-4-3-12(10)18-13(19)5-8-1-2-9(15)6-11(8)16/h1-4,6-7H,5H2,(H,17,18,19). The van der Waals surface area contributed by atoms with Crippen LogP contribution in [-0.4, -0.2) is 10.9 Å². The minimum absolute atomic E-state index is 0.143. The van der Waals surface area contributed by atoms with Gasteiger partial charge in [0, 0.05) is 18.5 Å². The van der Waals surface area contributed by atoms with Crippen LogP contribution in [0.3, 0.4) is 0 Å². The second kappa shape index (κ2) is 5.88. The summed E-state index contributed by atoms with van der Waals surface area (Å²) in [4.78, 5) is 15.6. The Morgan fingerprint density at radius 1 is 1.32 bits per heavy atom. The lowest BCUT2D eigenvalue weighted by molar-refractivity contribution is -0.115. The molecule has 0 fully saturated rings. The second-order valence-corrected chi connectivity index (χ2v) is 4.67. The third kappa shape index (κ3) is 3.57. The zero-order valence-electron chi connectivity index (χ0n) is 9.66. The van der Waals surface area contributed by atoms with Crippen molar-refractivity contribution in [2.75, 3.05) is 5.32 Å². The molecule has 2 rings (SSSR count). The number of aromatic nitrogens is 1.